The van der Waals surface area contributed by atoms with Gasteiger partial charge in [-0.15, -0.1) is 0 Å². The van der Waals surface area contributed by atoms with Gasteiger partial charge >= 0.3 is 6.61 Å². The molecule has 1 aromatic carbocycles. The highest BCUT2D eigenvalue weighted by Gasteiger charge is 2.10. The van der Waals surface area contributed by atoms with Crippen molar-refractivity contribution in [3.8, 4) is 5.75 Å². The summed E-state index contributed by atoms with van der Waals surface area (Å²) in [6, 6.07) is 7.07. The van der Waals surface area contributed by atoms with Gasteiger partial charge in [0, 0.05) is 6.04 Å². The normalized spacial score (nSPS) is 12.8. The Hall–Kier alpha value is -1.16. The fraction of sp³-hybridized carbons (Fsp3) is 0.538. The molecule has 0 heterocycles. The minimum absolute atomic E-state index is 0.191. The van der Waals surface area contributed by atoms with Crippen LogP contribution >= 0.6 is 0 Å². The maximum Gasteiger partial charge on any atom is 0.387 e. The van der Waals surface area contributed by atoms with E-state index in [1.807, 2.05) is 6.07 Å². The highest BCUT2D eigenvalue weighted by atomic mass is 19.3. The van der Waals surface area contributed by atoms with Gasteiger partial charge in [-0.25, -0.2) is 0 Å². The summed E-state index contributed by atoms with van der Waals surface area (Å²) < 4.78 is 28.6. The minimum atomic E-state index is -2.77. The average molecular weight is 243 g/mol. The molecule has 0 saturated heterocycles. The van der Waals surface area contributed by atoms with Gasteiger partial charge in [-0.3, -0.25) is 0 Å². The Morgan fingerprint density at radius 2 is 2.06 bits per heavy atom. The van der Waals surface area contributed by atoms with Gasteiger partial charge in [0.1, 0.15) is 5.75 Å². The molecule has 0 aliphatic rings. The summed E-state index contributed by atoms with van der Waals surface area (Å²) in [5.74, 6) is 0.217. The van der Waals surface area contributed by atoms with Crippen LogP contribution < -0.4 is 10.1 Å². The van der Waals surface area contributed by atoms with Gasteiger partial charge in [-0.2, -0.15) is 8.78 Å². The second-order valence-electron chi connectivity index (χ2n) is 3.87. The van der Waals surface area contributed by atoms with Crippen LogP contribution in [-0.4, -0.2) is 13.2 Å². The fourth-order valence-electron chi connectivity index (χ4n) is 1.72. The van der Waals surface area contributed by atoms with Crippen LogP contribution in [0.3, 0.4) is 0 Å². The van der Waals surface area contributed by atoms with E-state index in [2.05, 4.69) is 23.9 Å². The Labute approximate surface area is 101 Å². The molecule has 1 N–H and O–H groups in total. The van der Waals surface area contributed by atoms with Crippen molar-refractivity contribution in [2.45, 2.75) is 39.3 Å². The predicted molar refractivity (Wildman–Crippen MR) is 64.4 cm³/mol. The molecule has 1 rings (SSSR count). The van der Waals surface area contributed by atoms with Crippen LogP contribution in [0, 0.1) is 0 Å². The first kappa shape index (κ1) is 13.9. The van der Waals surface area contributed by atoms with Crippen LogP contribution in [0.25, 0.3) is 0 Å². The molecule has 17 heavy (non-hydrogen) atoms. The first-order chi connectivity index (χ1) is 8.17. The smallest absolute Gasteiger partial charge is 0.387 e. The van der Waals surface area contributed by atoms with E-state index in [0.717, 1.165) is 24.9 Å². The monoisotopic (exact) mass is 243 g/mol. The number of rotatable bonds is 7. The quantitative estimate of drug-likeness (QED) is 0.787. The number of nitrogens with one attached hydrogen (secondary N) is 1. The lowest BCUT2D eigenvalue weighted by molar-refractivity contribution is -0.0499. The van der Waals surface area contributed by atoms with Crippen LogP contribution in [-0.2, 0) is 0 Å². The second kappa shape index (κ2) is 7.22. The molecule has 1 aromatic rings. The molecule has 96 valence electrons. The zero-order valence-electron chi connectivity index (χ0n) is 10.2. The van der Waals surface area contributed by atoms with Crippen LogP contribution in [0.4, 0.5) is 8.78 Å². The number of halogens is 2. The maximum atomic E-state index is 12.1. The summed E-state index contributed by atoms with van der Waals surface area (Å²) in [5, 5.41) is 3.37. The lowest BCUT2D eigenvalue weighted by atomic mass is 10.0. The molecular weight excluding hydrogens is 224 g/mol. The molecule has 4 heteroatoms. The largest absolute Gasteiger partial charge is 0.435 e. The Kier molecular flexibility index (Phi) is 5.91. The molecule has 0 fully saturated rings. The van der Waals surface area contributed by atoms with Crippen LogP contribution in [0.1, 0.15) is 38.3 Å². The average Bonchev–Trinajstić information content (AvgIpc) is 2.30. The van der Waals surface area contributed by atoms with E-state index in [1.54, 1.807) is 18.2 Å². The van der Waals surface area contributed by atoms with Gasteiger partial charge in [-0.1, -0.05) is 26.0 Å². The van der Waals surface area contributed by atoms with Crippen molar-refractivity contribution in [2.24, 2.45) is 0 Å². The van der Waals surface area contributed by atoms with E-state index in [1.165, 1.54) is 0 Å². The second-order valence-corrected chi connectivity index (χ2v) is 3.87. The van der Waals surface area contributed by atoms with Gasteiger partial charge < -0.3 is 10.1 Å². The standard InChI is InChI=1S/C13H19F2NO/c1-3-8-16-12(4-2)10-6-5-7-11(9-10)17-13(14)15/h5-7,9,12-13,16H,3-4,8H2,1-2H3. The topological polar surface area (TPSA) is 21.3 Å². The fourth-order valence-corrected chi connectivity index (χ4v) is 1.72. The predicted octanol–water partition coefficient (Wildman–Crippen LogP) is 3.74. The maximum absolute atomic E-state index is 12.1. The number of hydrogen-bond donors (Lipinski definition) is 1. The summed E-state index contributed by atoms with van der Waals surface area (Å²) in [6.45, 7) is 2.30. The minimum Gasteiger partial charge on any atom is -0.435 e. The molecule has 0 saturated carbocycles. The van der Waals surface area contributed by atoms with E-state index in [4.69, 9.17) is 0 Å². The molecule has 0 aliphatic carbocycles. The lowest BCUT2D eigenvalue weighted by Gasteiger charge is -2.17. The van der Waals surface area contributed by atoms with Crippen LogP contribution in [0.5, 0.6) is 5.75 Å². The van der Waals surface area contributed by atoms with Gasteiger partial charge in [0.05, 0.1) is 0 Å². The SMILES string of the molecule is CCCNC(CC)c1cccc(OC(F)F)c1. The third kappa shape index (κ3) is 4.69. The summed E-state index contributed by atoms with van der Waals surface area (Å²) >= 11 is 0. The number of benzene rings is 1. The summed E-state index contributed by atoms with van der Waals surface area (Å²) in [4.78, 5) is 0. The van der Waals surface area contributed by atoms with Crippen LogP contribution in [0.15, 0.2) is 24.3 Å². The van der Waals surface area contributed by atoms with Crippen molar-refractivity contribution in [2.75, 3.05) is 6.54 Å². The Morgan fingerprint density at radius 3 is 2.65 bits per heavy atom. The zero-order valence-corrected chi connectivity index (χ0v) is 10.2. The molecule has 2 nitrogen and oxygen atoms in total. The number of alkyl halides is 2. The first-order valence-electron chi connectivity index (χ1n) is 5.95. The van der Waals surface area contributed by atoms with Crippen molar-refractivity contribution < 1.29 is 13.5 Å². The van der Waals surface area contributed by atoms with Gasteiger partial charge in [0.15, 0.2) is 0 Å². The molecule has 1 atom stereocenters. The molecule has 0 aliphatic heterocycles. The van der Waals surface area contributed by atoms with Gasteiger partial charge in [-0.05, 0) is 37.1 Å². The van der Waals surface area contributed by atoms with E-state index in [-0.39, 0.29) is 11.8 Å². The molecular formula is C13H19F2NO. The number of hydrogen-bond acceptors (Lipinski definition) is 2. The van der Waals surface area contributed by atoms with Gasteiger partial charge in [0.25, 0.3) is 0 Å². The lowest BCUT2D eigenvalue weighted by Crippen LogP contribution is -2.21. The molecule has 0 spiro atoms. The Balaban J connectivity index is 2.73. The first-order valence-corrected chi connectivity index (χ1v) is 5.95. The Bertz CT molecular complexity index is 331. The highest BCUT2D eigenvalue weighted by molar-refractivity contribution is 5.30. The molecule has 0 bridgehead atoms. The zero-order chi connectivity index (χ0) is 12.7. The third-order valence-corrected chi connectivity index (χ3v) is 2.53. The molecule has 0 aromatic heterocycles. The molecule has 0 amide bonds. The Morgan fingerprint density at radius 1 is 1.29 bits per heavy atom. The van der Waals surface area contributed by atoms with Crippen molar-refractivity contribution in [3.05, 3.63) is 29.8 Å². The number of ether oxygens (including phenoxy) is 1. The van der Waals surface area contributed by atoms with Crippen molar-refractivity contribution in [1.29, 1.82) is 0 Å². The summed E-state index contributed by atoms with van der Waals surface area (Å²) in [7, 11) is 0. The van der Waals surface area contributed by atoms with E-state index < -0.39 is 6.61 Å². The van der Waals surface area contributed by atoms with E-state index in [9.17, 15) is 8.78 Å². The summed E-state index contributed by atoms with van der Waals surface area (Å²) in [5.41, 5.74) is 0.985. The van der Waals surface area contributed by atoms with Crippen molar-refractivity contribution in [1.82, 2.24) is 5.32 Å². The van der Waals surface area contributed by atoms with Crippen LogP contribution in [0.2, 0.25) is 0 Å². The van der Waals surface area contributed by atoms with Gasteiger partial charge in [0.2, 0.25) is 0 Å². The highest BCUT2D eigenvalue weighted by Crippen LogP contribution is 2.22. The van der Waals surface area contributed by atoms with E-state index >= 15 is 0 Å². The molecule has 1 unspecified atom stereocenters. The third-order valence-electron chi connectivity index (χ3n) is 2.53. The van der Waals surface area contributed by atoms with Crippen molar-refractivity contribution in [3.63, 3.8) is 0 Å². The summed E-state index contributed by atoms with van der Waals surface area (Å²) in [6.07, 6.45) is 1.96. The van der Waals surface area contributed by atoms with Crippen molar-refractivity contribution >= 4 is 0 Å². The van der Waals surface area contributed by atoms with E-state index in [0.29, 0.717) is 0 Å². The molecule has 0 radical (unpaired) electrons.